The molecule has 6 heteroatoms. The van der Waals surface area contributed by atoms with Crippen LogP contribution in [0.3, 0.4) is 0 Å². The monoisotopic (exact) mass is 326 g/mol. The van der Waals surface area contributed by atoms with Gasteiger partial charge in [-0.05, 0) is 54.7 Å². The third-order valence-electron chi connectivity index (χ3n) is 3.42. The highest BCUT2D eigenvalue weighted by Crippen LogP contribution is 2.31. The Morgan fingerprint density at radius 3 is 3.10 bits per heavy atom. The van der Waals surface area contributed by atoms with Gasteiger partial charge in [0, 0.05) is 11.9 Å². The van der Waals surface area contributed by atoms with Crippen molar-refractivity contribution in [2.45, 2.75) is 32.2 Å². The summed E-state index contributed by atoms with van der Waals surface area (Å²) < 4.78 is 4.85. The summed E-state index contributed by atoms with van der Waals surface area (Å²) in [5.41, 5.74) is 2.55. The van der Waals surface area contributed by atoms with Gasteiger partial charge in [0.05, 0.1) is 12.6 Å². The average Bonchev–Trinajstić information content (AvgIpc) is 2.44. The molecule has 114 valence electrons. The number of carbonyl (C=O) groups is 1. The van der Waals surface area contributed by atoms with Crippen LogP contribution in [-0.2, 0) is 16.0 Å². The van der Waals surface area contributed by atoms with Crippen molar-refractivity contribution in [3.63, 3.8) is 0 Å². The summed E-state index contributed by atoms with van der Waals surface area (Å²) in [7, 11) is 0. The van der Waals surface area contributed by atoms with Crippen LogP contribution in [-0.4, -0.2) is 24.2 Å². The lowest BCUT2D eigenvalue weighted by Gasteiger charge is -2.27. The van der Waals surface area contributed by atoms with Gasteiger partial charge in [-0.3, -0.25) is 4.79 Å². The molecule has 0 bridgehead atoms. The molecule has 0 saturated carbocycles. The number of ether oxygens (including phenoxy) is 1. The number of halogens is 1. The first kappa shape index (κ1) is 16.0. The van der Waals surface area contributed by atoms with Gasteiger partial charge in [-0.1, -0.05) is 17.7 Å². The normalized spacial score (nSPS) is 16.8. The van der Waals surface area contributed by atoms with Crippen molar-refractivity contribution in [2.75, 3.05) is 13.2 Å². The van der Waals surface area contributed by atoms with Crippen molar-refractivity contribution >= 4 is 34.9 Å². The number of aryl methyl sites for hydroxylation is 1. The minimum absolute atomic E-state index is 0.182. The van der Waals surface area contributed by atoms with Crippen LogP contribution in [0.1, 0.15) is 36.9 Å². The summed E-state index contributed by atoms with van der Waals surface area (Å²) in [6.07, 6.45) is 3.23. The fraction of sp³-hybridized carbons (Fsp3) is 0.467. The molecule has 2 rings (SSSR count). The fourth-order valence-electron chi connectivity index (χ4n) is 2.49. The van der Waals surface area contributed by atoms with E-state index < -0.39 is 0 Å². The largest absolute Gasteiger partial charge is 0.464 e. The van der Waals surface area contributed by atoms with Gasteiger partial charge in [0.1, 0.15) is 6.61 Å². The van der Waals surface area contributed by atoms with E-state index in [9.17, 15) is 4.79 Å². The van der Waals surface area contributed by atoms with Crippen molar-refractivity contribution in [3.8, 4) is 0 Å². The number of benzene rings is 1. The quantitative estimate of drug-likeness (QED) is 0.506. The number of fused-ring (bicyclic) bond motifs is 1. The van der Waals surface area contributed by atoms with Crippen molar-refractivity contribution in [2.24, 2.45) is 0 Å². The predicted octanol–water partition coefficient (Wildman–Crippen LogP) is 2.74. The zero-order valence-electron chi connectivity index (χ0n) is 11.9. The second kappa shape index (κ2) is 7.61. The molecule has 1 aliphatic carbocycles. The molecule has 0 spiro atoms. The zero-order chi connectivity index (χ0) is 15.2. The summed E-state index contributed by atoms with van der Waals surface area (Å²) in [5, 5.41) is 7.67. The number of hydrogen-bond acceptors (Lipinski definition) is 3. The van der Waals surface area contributed by atoms with Gasteiger partial charge in [-0.2, -0.15) is 0 Å². The molecule has 1 aromatic rings. The summed E-state index contributed by atoms with van der Waals surface area (Å²) >= 11 is 11.4. The molecule has 0 fully saturated rings. The molecular formula is C15H19ClN2O2S. The van der Waals surface area contributed by atoms with Crippen molar-refractivity contribution in [1.29, 1.82) is 0 Å². The topological polar surface area (TPSA) is 50.4 Å². The summed E-state index contributed by atoms with van der Waals surface area (Å²) in [6, 6.07) is 6.21. The molecule has 0 amide bonds. The number of esters is 1. The second-order valence-corrected chi connectivity index (χ2v) is 5.87. The maximum Gasteiger partial charge on any atom is 0.302 e. The molecule has 0 heterocycles. The molecule has 4 nitrogen and oxygen atoms in total. The van der Waals surface area contributed by atoms with Crippen molar-refractivity contribution < 1.29 is 9.53 Å². The number of rotatable bonds is 4. The molecule has 0 saturated heterocycles. The smallest absolute Gasteiger partial charge is 0.302 e. The van der Waals surface area contributed by atoms with Crippen molar-refractivity contribution in [3.05, 3.63) is 34.3 Å². The van der Waals surface area contributed by atoms with Crippen LogP contribution in [0.4, 0.5) is 0 Å². The van der Waals surface area contributed by atoms with E-state index >= 15 is 0 Å². The Balaban J connectivity index is 1.88. The van der Waals surface area contributed by atoms with E-state index in [-0.39, 0.29) is 12.0 Å². The molecule has 0 aliphatic heterocycles. The van der Waals surface area contributed by atoms with Crippen molar-refractivity contribution in [1.82, 2.24) is 10.6 Å². The molecule has 1 unspecified atom stereocenters. The van der Waals surface area contributed by atoms with E-state index in [2.05, 4.69) is 16.7 Å². The van der Waals surface area contributed by atoms with Crippen LogP contribution in [0.2, 0.25) is 5.02 Å². The Bertz CT molecular complexity index is 536. The summed E-state index contributed by atoms with van der Waals surface area (Å²) in [4.78, 5) is 10.7. The molecular weight excluding hydrogens is 308 g/mol. The Hall–Kier alpha value is -1.33. The van der Waals surface area contributed by atoms with Gasteiger partial charge in [0.25, 0.3) is 0 Å². The minimum atomic E-state index is -0.286. The Morgan fingerprint density at radius 2 is 2.33 bits per heavy atom. The Kier molecular flexibility index (Phi) is 5.82. The first-order chi connectivity index (χ1) is 10.1. The molecule has 1 atom stereocenters. The average molecular weight is 327 g/mol. The zero-order valence-corrected chi connectivity index (χ0v) is 13.5. The van der Waals surface area contributed by atoms with Gasteiger partial charge in [-0.25, -0.2) is 0 Å². The van der Waals surface area contributed by atoms with Crippen LogP contribution >= 0.6 is 23.8 Å². The van der Waals surface area contributed by atoms with Gasteiger partial charge in [-0.15, -0.1) is 0 Å². The number of thiocarbonyl (C=S) groups is 1. The van der Waals surface area contributed by atoms with Crippen LogP contribution < -0.4 is 10.6 Å². The molecule has 0 aromatic heterocycles. The summed E-state index contributed by atoms with van der Waals surface area (Å²) in [6.45, 7) is 2.20. The standard InChI is InChI=1S/C15H19ClN2O2S/c1-10(19)20-8-7-17-15(21)18-14-4-2-3-11-5-6-12(16)9-13(11)14/h5-6,9,14H,2-4,7-8H2,1H3,(H2,17,18,21). The molecule has 2 N–H and O–H groups in total. The predicted molar refractivity (Wildman–Crippen MR) is 87.5 cm³/mol. The highest BCUT2D eigenvalue weighted by Gasteiger charge is 2.20. The van der Waals surface area contributed by atoms with E-state index in [1.807, 2.05) is 12.1 Å². The van der Waals surface area contributed by atoms with Gasteiger partial charge in [0.2, 0.25) is 0 Å². The lowest BCUT2D eigenvalue weighted by atomic mass is 9.88. The highest BCUT2D eigenvalue weighted by molar-refractivity contribution is 7.80. The SMILES string of the molecule is CC(=O)OCCNC(=S)NC1CCCc2ccc(Cl)cc21. The Labute approximate surface area is 135 Å². The molecule has 0 radical (unpaired) electrons. The van der Waals surface area contributed by atoms with E-state index in [4.69, 9.17) is 28.6 Å². The van der Waals surface area contributed by atoms with Crippen LogP contribution in [0.5, 0.6) is 0 Å². The van der Waals surface area contributed by atoms with E-state index in [0.717, 1.165) is 24.3 Å². The van der Waals surface area contributed by atoms with Gasteiger partial charge in [0.15, 0.2) is 5.11 Å². The fourth-order valence-corrected chi connectivity index (χ4v) is 2.91. The molecule has 21 heavy (non-hydrogen) atoms. The minimum Gasteiger partial charge on any atom is -0.464 e. The van der Waals surface area contributed by atoms with Crippen LogP contribution in [0.15, 0.2) is 18.2 Å². The summed E-state index contributed by atoms with van der Waals surface area (Å²) in [5.74, 6) is -0.286. The lowest BCUT2D eigenvalue weighted by Crippen LogP contribution is -2.40. The van der Waals surface area contributed by atoms with E-state index in [1.54, 1.807) is 0 Å². The Morgan fingerprint density at radius 1 is 1.52 bits per heavy atom. The maximum absolute atomic E-state index is 10.7. The van der Waals surface area contributed by atoms with Gasteiger partial charge < -0.3 is 15.4 Å². The van der Waals surface area contributed by atoms with E-state index in [1.165, 1.54) is 18.1 Å². The number of hydrogen-bond donors (Lipinski definition) is 2. The first-order valence-electron chi connectivity index (χ1n) is 7.02. The highest BCUT2D eigenvalue weighted by atomic mass is 35.5. The lowest BCUT2D eigenvalue weighted by molar-refractivity contribution is -0.140. The third-order valence-corrected chi connectivity index (χ3v) is 3.92. The molecule has 1 aromatic carbocycles. The molecule has 1 aliphatic rings. The second-order valence-electron chi connectivity index (χ2n) is 5.03. The third kappa shape index (κ3) is 4.86. The maximum atomic E-state index is 10.7. The van der Waals surface area contributed by atoms with Crippen LogP contribution in [0.25, 0.3) is 0 Å². The van der Waals surface area contributed by atoms with Gasteiger partial charge >= 0.3 is 5.97 Å². The first-order valence-corrected chi connectivity index (χ1v) is 7.81. The van der Waals surface area contributed by atoms with Crippen LogP contribution in [0, 0.1) is 0 Å². The van der Waals surface area contributed by atoms with E-state index in [0.29, 0.717) is 18.3 Å². The number of carbonyl (C=O) groups excluding carboxylic acids is 1. The number of nitrogens with one attached hydrogen (secondary N) is 2.